The molecule has 28 heavy (non-hydrogen) atoms. The molecule has 1 saturated carbocycles. The number of rotatable bonds is 4. The lowest BCUT2D eigenvalue weighted by atomic mass is 9.95. The van der Waals surface area contributed by atoms with Crippen molar-refractivity contribution in [2.24, 2.45) is 0 Å². The molecule has 2 aromatic carbocycles. The first-order chi connectivity index (χ1) is 13.8. The number of thiazole rings is 1. The molecule has 0 spiro atoms. The van der Waals surface area contributed by atoms with Crippen molar-refractivity contribution in [2.75, 3.05) is 5.32 Å². The molecule has 0 atom stereocenters. The molecule has 5 rings (SSSR count). The topological polar surface area (TPSA) is 29.3 Å². The number of hydrogen-bond acceptors (Lipinski definition) is 3. The summed E-state index contributed by atoms with van der Waals surface area (Å²) in [7, 11) is 0. The lowest BCUT2D eigenvalue weighted by molar-refractivity contribution is 0.462. The summed E-state index contributed by atoms with van der Waals surface area (Å²) < 4.78 is 2.27. The minimum atomic E-state index is 0.485. The van der Waals surface area contributed by atoms with Gasteiger partial charge in [-0.25, -0.2) is 4.98 Å². The summed E-state index contributed by atoms with van der Waals surface area (Å²) in [5.41, 5.74) is 4.30. The molecule has 2 aromatic heterocycles. The van der Waals surface area contributed by atoms with E-state index in [1.165, 1.54) is 43.4 Å². The second-order valence-electron chi connectivity index (χ2n) is 7.37. The van der Waals surface area contributed by atoms with Gasteiger partial charge in [0.2, 0.25) is 0 Å². The third-order valence-corrected chi connectivity index (χ3v) is 6.66. The van der Waals surface area contributed by atoms with Crippen molar-refractivity contribution in [1.29, 1.82) is 0 Å². The fourth-order valence-corrected chi connectivity index (χ4v) is 5.21. The maximum Gasteiger partial charge on any atom is 0.196 e. The lowest BCUT2D eigenvalue weighted by Gasteiger charge is -2.24. The van der Waals surface area contributed by atoms with Gasteiger partial charge in [0.1, 0.15) is 11.5 Å². The predicted molar refractivity (Wildman–Crippen MR) is 119 cm³/mol. The highest BCUT2D eigenvalue weighted by Crippen LogP contribution is 2.39. The molecule has 1 N–H and O–H groups in total. The van der Waals surface area contributed by atoms with Gasteiger partial charge >= 0.3 is 0 Å². The molecule has 5 heteroatoms. The first-order valence-electron chi connectivity index (χ1n) is 9.88. The molecule has 1 fully saturated rings. The Morgan fingerprint density at radius 2 is 1.71 bits per heavy atom. The Labute approximate surface area is 174 Å². The van der Waals surface area contributed by atoms with Gasteiger partial charge in [-0.05, 0) is 24.5 Å². The summed E-state index contributed by atoms with van der Waals surface area (Å²) in [6.07, 6.45) is 6.33. The van der Waals surface area contributed by atoms with Crippen LogP contribution in [0.3, 0.4) is 0 Å². The summed E-state index contributed by atoms with van der Waals surface area (Å²) in [5, 5.41) is 6.77. The summed E-state index contributed by atoms with van der Waals surface area (Å²) in [5.74, 6) is 1.06. The van der Waals surface area contributed by atoms with E-state index >= 15 is 0 Å². The van der Waals surface area contributed by atoms with Crippen LogP contribution in [0.1, 0.15) is 32.1 Å². The van der Waals surface area contributed by atoms with E-state index in [4.69, 9.17) is 16.6 Å². The van der Waals surface area contributed by atoms with Crippen molar-refractivity contribution in [3.05, 3.63) is 65.0 Å². The van der Waals surface area contributed by atoms with Crippen molar-refractivity contribution in [3.63, 3.8) is 0 Å². The molecule has 0 amide bonds. The first kappa shape index (κ1) is 17.8. The van der Waals surface area contributed by atoms with Gasteiger partial charge in [0, 0.05) is 17.0 Å². The van der Waals surface area contributed by atoms with Crippen molar-refractivity contribution >= 4 is 33.7 Å². The highest BCUT2D eigenvalue weighted by atomic mass is 35.5. The second kappa shape index (κ2) is 7.61. The molecule has 142 valence electrons. The summed E-state index contributed by atoms with van der Waals surface area (Å²) in [4.78, 5) is 5.98. The highest BCUT2D eigenvalue weighted by Gasteiger charge is 2.23. The quantitative estimate of drug-likeness (QED) is 0.390. The van der Waals surface area contributed by atoms with E-state index in [1.807, 2.05) is 18.2 Å². The molecular weight excluding hydrogens is 386 g/mol. The van der Waals surface area contributed by atoms with E-state index in [9.17, 15) is 0 Å². The number of imidazole rings is 1. The molecular formula is C23H22ClN3S. The van der Waals surface area contributed by atoms with Crippen LogP contribution in [0.5, 0.6) is 0 Å². The minimum Gasteiger partial charge on any atom is -0.367 e. The average Bonchev–Trinajstić information content (AvgIpc) is 3.30. The number of fused-ring (bicyclic) bond motifs is 1. The fourth-order valence-electron chi connectivity index (χ4n) is 4.08. The number of nitrogens with one attached hydrogen (secondary N) is 1. The monoisotopic (exact) mass is 407 g/mol. The zero-order valence-corrected chi connectivity index (χ0v) is 17.1. The van der Waals surface area contributed by atoms with Gasteiger partial charge in [-0.15, -0.1) is 11.3 Å². The van der Waals surface area contributed by atoms with Gasteiger partial charge in [-0.1, -0.05) is 79.4 Å². The third kappa shape index (κ3) is 3.21. The van der Waals surface area contributed by atoms with Crippen LogP contribution in [-0.4, -0.2) is 15.4 Å². The minimum absolute atomic E-state index is 0.485. The third-order valence-electron chi connectivity index (χ3n) is 5.51. The predicted octanol–water partition coefficient (Wildman–Crippen LogP) is 7.13. The van der Waals surface area contributed by atoms with Crippen LogP contribution in [0.2, 0.25) is 5.02 Å². The maximum atomic E-state index is 6.55. The largest absolute Gasteiger partial charge is 0.367 e. The Kier molecular flexibility index (Phi) is 4.83. The number of nitrogens with zero attached hydrogens (tertiary/aromatic N) is 2. The molecule has 0 aliphatic heterocycles. The molecule has 1 aliphatic carbocycles. The lowest BCUT2D eigenvalue weighted by Crippen LogP contribution is -2.23. The second-order valence-corrected chi connectivity index (χ2v) is 8.62. The zero-order valence-electron chi connectivity index (χ0n) is 15.6. The number of anilines is 1. The van der Waals surface area contributed by atoms with Crippen molar-refractivity contribution in [2.45, 2.75) is 38.1 Å². The van der Waals surface area contributed by atoms with E-state index in [0.29, 0.717) is 6.04 Å². The number of aromatic nitrogens is 2. The maximum absolute atomic E-state index is 6.55. The van der Waals surface area contributed by atoms with Crippen molar-refractivity contribution in [1.82, 2.24) is 9.38 Å². The molecule has 3 nitrogen and oxygen atoms in total. The fraction of sp³-hybridized carbons (Fsp3) is 0.261. The van der Waals surface area contributed by atoms with Gasteiger partial charge in [0.25, 0.3) is 0 Å². The smallest absolute Gasteiger partial charge is 0.196 e. The number of halogens is 1. The Morgan fingerprint density at radius 1 is 0.964 bits per heavy atom. The van der Waals surface area contributed by atoms with Crippen molar-refractivity contribution < 1.29 is 0 Å². The Hall–Kier alpha value is -2.30. The molecule has 0 unspecified atom stereocenters. The van der Waals surface area contributed by atoms with Gasteiger partial charge in [-0.2, -0.15) is 0 Å². The van der Waals surface area contributed by atoms with Crippen LogP contribution in [-0.2, 0) is 0 Å². The Balaban J connectivity index is 1.70. The van der Waals surface area contributed by atoms with Gasteiger partial charge in [0.15, 0.2) is 4.96 Å². The van der Waals surface area contributed by atoms with Gasteiger partial charge < -0.3 is 5.32 Å². The SMILES string of the molecule is Clc1ccccc1-c1nc2scc(-c3ccccc3)n2c1NC1CCCCC1. The Bertz CT molecular complexity index is 1090. The van der Waals surface area contributed by atoms with Gasteiger partial charge in [-0.3, -0.25) is 4.40 Å². The Morgan fingerprint density at radius 3 is 2.50 bits per heavy atom. The number of benzene rings is 2. The van der Waals surface area contributed by atoms with Crippen LogP contribution in [0, 0.1) is 0 Å². The average molecular weight is 408 g/mol. The molecule has 0 saturated heterocycles. The molecule has 1 aliphatic rings. The van der Waals surface area contributed by atoms with Gasteiger partial charge in [0.05, 0.1) is 10.7 Å². The van der Waals surface area contributed by atoms with E-state index in [0.717, 1.165) is 27.1 Å². The van der Waals surface area contributed by atoms with E-state index in [1.54, 1.807) is 11.3 Å². The summed E-state index contributed by atoms with van der Waals surface area (Å²) in [6.45, 7) is 0. The van der Waals surface area contributed by atoms with Crippen LogP contribution in [0.15, 0.2) is 60.0 Å². The standard InChI is InChI=1S/C23H22ClN3S/c24-19-14-8-7-13-18(19)21-22(25-17-11-5-2-6-12-17)27-20(15-28-23(27)26-21)16-9-3-1-4-10-16/h1,3-4,7-10,13-15,17,25H,2,5-6,11-12H2. The van der Waals surface area contributed by atoms with Crippen LogP contribution in [0.4, 0.5) is 5.82 Å². The zero-order chi connectivity index (χ0) is 18.9. The van der Waals surface area contributed by atoms with Crippen molar-refractivity contribution in [3.8, 4) is 22.5 Å². The van der Waals surface area contributed by atoms with Crippen LogP contribution >= 0.6 is 22.9 Å². The van der Waals surface area contributed by atoms with E-state index < -0.39 is 0 Å². The first-order valence-corrected chi connectivity index (χ1v) is 11.1. The number of hydrogen-bond donors (Lipinski definition) is 1. The summed E-state index contributed by atoms with van der Waals surface area (Å²) in [6, 6.07) is 19.0. The van der Waals surface area contributed by atoms with E-state index in [-0.39, 0.29) is 0 Å². The molecule has 2 heterocycles. The summed E-state index contributed by atoms with van der Waals surface area (Å²) >= 11 is 8.23. The van der Waals surface area contributed by atoms with Crippen LogP contribution in [0.25, 0.3) is 27.5 Å². The molecule has 4 aromatic rings. The highest BCUT2D eigenvalue weighted by molar-refractivity contribution is 7.15. The van der Waals surface area contributed by atoms with E-state index in [2.05, 4.69) is 51.5 Å². The molecule has 0 bridgehead atoms. The normalized spacial score (nSPS) is 15.2. The van der Waals surface area contributed by atoms with Crippen LogP contribution < -0.4 is 5.32 Å². The molecule has 0 radical (unpaired) electrons.